The fourth-order valence-electron chi connectivity index (χ4n) is 4.07. The van der Waals surface area contributed by atoms with E-state index in [1.54, 1.807) is 26.1 Å². The predicted molar refractivity (Wildman–Crippen MR) is 136 cm³/mol. The number of aromatic nitrogens is 2. The first-order valence-electron chi connectivity index (χ1n) is 11.6. The van der Waals surface area contributed by atoms with Crippen molar-refractivity contribution in [3.63, 3.8) is 0 Å². The summed E-state index contributed by atoms with van der Waals surface area (Å²) in [6.45, 7) is 2.07. The van der Waals surface area contributed by atoms with Crippen LogP contribution in [0.15, 0.2) is 54.6 Å². The number of hydrogen-bond acceptors (Lipinski definition) is 8. The summed E-state index contributed by atoms with van der Waals surface area (Å²) in [6.07, 6.45) is 1.15. The average Bonchev–Trinajstić information content (AvgIpc) is 3.57. The Morgan fingerprint density at radius 1 is 1.11 bits per heavy atom. The lowest BCUT2D eigenvalue weighted by Crippen LogP contribution is -2.51. The van der Waals surface area contributed by atoms with E-state index in [2.05, 4.69) is 25.5 Å². The molecule has 4 N–H and O–H groups in total. The van der Waals surface area contributed by atoms with Crippen LogP contribution in [0.3, 0.4) is 0 Å². The Labute approximate surface area is 212 Å². The third-order valence-corrected chi connectivity index (χ3v) is 6.84. The molecule has 2 heterocycles. The zero-order valence-corrected chi connectivity index (χ0v) is 20.8. The topological polar surface area (TPSA) is 137 Å². The van der Waals surface area contributed by atoms with Gasteiger partial charge in [-0.25, -0.2) is 0 Å². The molecule has 0 bridgehead atoms. The lowest BCUT2D eigenvalue weighted by molar-refractivity contribution is -0.140. The fraction of sp³-hybridized carbons (Fsp3) is 0.320. The molecule has 3 amide bonds. The second-order valence-corrected chi connectivity index (χ2v) is 9.29. The van der Waals surface area contributed by atoms with Gasteiger partial charge in [-0.2, -0.15) is 0 Å². The minimum atomic E-state index is -1.01. The summed E-state index contributed by atoms with van der Waals surface area (Å²) in [6, 6.07) is 13.3. The molecular formula is C25H28N6O4S. The molecule has 4 rings (SSSR count). The molecule has 0 radical (unpaired) electrons. The summed E-state index contributed by atoms with van der Waals surface area (Å²) < 4.78 is 3.99. The lowest BCUT2D eigenvalue weighted by Gasteiger charge is -2.29. The Hall–Kier alpha value is -3.83. The molecule has 1 aromatic heterocycles. The van der Waals surface area contributed by atoms with E-state index < -0.39 is 18.1 Å². The van der Waals surface area contributed by atoms with Crippen molar-refractivity contribution in [3.8, 4) is 17.0 Å². The first-order valence-corrected chi connectivity index (χ1v) is 12.4. The highest BCUT2D eigenvalue weighted by atomic mass is 32.1. The largest absolute Gasteiger partial charge is 0.508 e. The Morgan fingerprint density at radius 2 is 1.83 bits per heavy atom. The van der Waals surface area contributed by atoms with E-state index in [-0.39, 0.29) is 23.5 Å². The minimum absolute atomic E-state index is 0.0469. The van der Waals surface area contributed by atoms with E-state index in [4.69, 9.17) is 0 Å². The van der Waals surface area contributed by atoms with E-state index in [0.717, 1.165) is 17.1 Å². The van der Waals surface area contributed by atoms with Crippen molar-refractivity contribution in [2.45, 2.75) is 37.9 Å². The van der Waals surface area contributed by atoms with Gasteiger partial charge in [-0.05, 0) is 44.5 Å². The van der Waals surface area contributed by atoms with Crippen LogP contribution in [0.25, 0.3) is 11.3 Å². The molecule has 3 atom stereocenters. The summed E-state index contributed by atoms with van der Waals surface area (Å²) in [5.41, 5.74) is 1.91. The zero-order valence-electron chi connectivity index (χ0n) is 20.0. The van der Waals surface area contributed by atoms with Crippen LogP contribution >= 0.6 is 11.5 Å². The van der Waals surface area contributed by atoms with Gasteiger partial charge in [0, 0.05) is 23.6 Å². The number of aromatic hydroxyl groups is 1. The van der Waals surface area contributed by atoms with E-state index >= 15 is 0 Å². The van der Waals surface area contributed by atoms with Gasteiger partial charge in [0.15, 0.2) is 0 Å². The number of rotatable bonds is 8. The molecule has 1 aliphatic rings. The van der Waals surface area contributed by atoms with Crippen molar-refractivity contribution in [3.05, 3.63) is 60.2 Å². The van der Waals surface area contributed by atoms with Gasteiger partial charge >= 0.3 is 0 Å². The van der Waals surface area contributed by atoms with Crippen LogP contribution in [0.1, 0.15) is 31.4 Å². The highest BCUT2D eigenvalue weighted by Gasteiger charge is 2.39. The first kappa shape index (κ1) is 25.3. The highest BCUT2D eigenvalue weighted by molar-refractivity contribution is 7.10. The molecule has 0 saturated carbocycles. The summed E-state index contributed by atoms with van der Waals surface area (Å²) in [4.78, 5) is 41.2. The SMILES string of the molecule is CN[C@@H](C)C(=O)N[C@H](C(=O)N1CCC[C@H]1C(=O)Nc1snnc1-c1ccccc1)c1ccc(O)cc1. The summed E-state index contributed by atoms with van der Waals surface area (Å²) in [7, 11) is 1.65. The summed E-state index contributed by atoms with van der Waals surface area (Å²) in [5.74, 6) is -1.03. The standard InChI is InChI=1S/C25H28N6O4S/c1-15(26-2)22(33)27-21(17-10-12-18(32)13-11-17)25(35)31-14-6-9-19(31)23(34)28-24-20(29-30-36-24)16-7-4-3-5-8-16/h3-5,7-8,10-13,15,19,21,26,32H,6,9,14H2,1-2H3,(H,27,33)(H,28,34)/t15-,19-,21-/m0/s1. The lowest BCUT2D eigenvalue weighted by atomic mass is 10.0. The number of phenols is 1. The smallest absolute Gasteiger partial charge is 0.250 e. The molecule has 0 spiro atoms. The van der Waals surface area contributed by atoms with Crippen LogP contribution in [0, 0.1) is 0 Å². The fourth-order valence-corrected chi connectivity index (χ4v) is 4.67. The number of likely N-dealkylation sites (N-methyl/N-ethyl adjacent to an activating group) is 1. The third kappa shape index (κ3) is 5.52. The molecule has 188 valence electrons. The van der Waals surface area contributed by atoms with Gasteiger partial charge in [-0.3, -0.25) is 14.4 Å². The minimum Gasteiger partial charge on any atom is -0.508 e. The molecular weight excluding hydrogens is 480 g/mol. The summed E-state index contributed by atoms with van der Waals surface area (Å²) in [5, 5.41) is 22.9. The van der Waals surface area contributed by atoms with E-state index in [9.17, 15) is 19.5 Å². The maximum atomic E-state index is 13.7. The van der Waals surface area contributed by atoms with Gasteiger partial charge in [-0.15, -0.1) is 5.10 Å². The quantitative estimate of drug-likeness (QED) is 0.366. The number of nitrogens with one attached hydrogen (secondary N) is 3. The molecule has 1 saturated heterocycles. The zero-order chi connectivity index (χ0) is 25.7. The molecule has 36 heavy (non-hydrogen) atoms. The van der Waals surface area contributed by atoms with Gasteiger partial charge in [-0.1, -0.05) is 47.0 Å². The molecule has 10 nitrogen and oxygen atoms in total. The van der Waals surface area contributed by atoms with E-state index in [1.165, 1.54) is 17.0 Å². The van der Waals surface area contributed by atoms with Crippen LogP contribution in [0.4, 0.5) is 5.00 Å². The molecule has 0 unspecified atom stereocenters. The number of carbonyl (C=O) groups is 3. The third-order valence-electron chi connectivity index (χ3n) is 6.20. The predicted octanol–water partition coefficient (Wildman–Crippen LogP) is 2.31. The van der Waals surface area contributed by atoms with Gasteiger partial charge in [0.05, 0.1) is 6.04 Å². The van der Waals surface area contributed by atoms with Gasteiger partial charge < -0.3 is 26.0 Å². The molecule has 3 aromatic rings. The van der Waals surface area contributed by atoms with Crippen molar-refractivity contribution in [2.24, 2.45) is 0 Å². The summed E-state index contributed by atoms with van der Waals surface area (Å²) >= 11 is 1.08. The number of nitrogens with zero attached hydrogens (tertiary/aromatic N) is 3. The maximum absolute atomic E-state index is 13.7. The normalized spacial score (nSPS) is 16.8. The van der Waals surface area contributed by atoms with Gasteiger partial charge in [0.1, 0.15) is 28.5 Å². The van der Waals surface area contributed by atoms with E-state index in [0.29, 0.717) is 35.6 Å². The van der Waals surface area contributed by atoms with Crippen molar-refractivity contribution < 1.29 is 19.5 Å². The number of benzene rings is 2. The van der Waals surface area contributed by atoms with Crippen LogP contribution in [0.5, 0.6) is 5.75 Å². The van der Waals surface area contributed by atoms with Crippen molar-refractivity contribution in [1.29, 1.82) is 0 Å². The van der Waals surface area contributed by atoms with Crippen molar-refractivity contribution in [1.82, 2.24) is 25.1 Å². The number of hydrogen-bond donors (Lipinski definition) is 4. The second-order valence-electron chi connectivity index (χ2n) is 8.54. The number of likely N-dealkylation sites (tertiary alicyclic amines) is 1. The Bertz CT molecular complexity index is 1220. The van der Waals surface area contributed by atoms with Crippen LogP contribution in [0.2, 0.25) is 0 Å². The van der Waals surface area contributed by atoms with Crippen LogP contribution < -0.4 is 16.0 Å². The Morgan fingerprint density at radius 3 is 2.53 bits per heavy atom. The number of anilines is 1. The molecule has 2 aromatic carbocycles. The number of phenolic OH excluding ortho intramolecular Hbond substituents is 1. The van der Waals surface area contributed by atoms with Gasteiger partial charge in [0.25, 0.3) is 0 Å². The molecule has 11 heteroatoms. The number of carbonyl (C=O) groups excluding carboxylic acids is 3. The number of amides is 3. The van der Waals surface area contributed by atoms with Crippen LogP contribution in [-0.2, 0) is 14.4 Å². The van der Waals surface area contributed by atoms with Crippen LogP contribution in [-0.4, -0.2) is 63.0 Å². The highest BCUT2D eigenvalue weighted by Crippen LogP contribution is 2.30. The van der Waals surface area contributed by atoms with Crippen molar-refractivity contribution in [2.75, 3.05) is 18.9 Å². The van der Waals surface area contributed by atoms with E-state index in [1.807, 2.05) is 30.3 Å². The Balaban J connectivity index is 1.55. The van der Waals surface area contributed by atoms with Crippen molar-refractivity contribution >= 4 is 34.3 Å². The Kier molecular flexibility index (Phi) is 7.91. The average molecular weight is 509 g/mol. The molecule has 1 fully saturated rings. The first-order chi connectivity index (χ1) is 17.4. The monoisotopic (exact) mass is 508 g/mol. The van der Waals surface area contributed by atoms with Gasteiger partial charge in [0.2, 0.25) is 17.7 Å². The second kappa shape index (κ2) is 11.3. The molecule has 1 aliphatic heterocycles. The maximum Gasteiger partial charge on any atom is 0.250 e. The molecule has 0 aliphatic carbocycles.